The third kappa shape index (κ3) is 6.23. The van der Waals surface area contributed by atoms with Gasteiger partial charge in [-0.25, -0.2) is 22.4 Å². The number of halogens is 8. The van der Waals surface area contributed by atoms with Crippen molar-refractivity contribution in [3.05, 3.63) is 99.6 Å². The summed E-state index contributed by atoms with van der Waals surface area (Å²) >= 11 is 0. The maximum atomic E-state index is 14.6. The molecule has 0 fully saturated rings. The van der Waals surface area contributed by atoms with Gasteiger partial charge < -0.3 is 9.47 Å². The normalized spacial score (nSPS) is 14.6. The Morgan fingerprint density at radius 3 is 2.08 bits per heavy atom. The Hall–Kier alpha value is -3.89. The number of hydrogen-bond donors (Lipinski definition) is 0. The topological polar surface area (TPSA) is 35.5 Å². The van der Waals surface area contributed by atoms with E-state index in [0.717, 1.165) is 36.8 Å². The van der Waals surface area contributed by atoms with Crippen LogP contribution in [0.5, 0.6) is 11.5 Å². The molecular formula is C28H20F8O3. The minimum Gasteiger partial charge on any atom is -0.429 e. The number of fused-ring (bicyclic) bond motifs is 1. The van der Waals surface area contributed by atoms with E-state index in [2.05, 4.69) is 11.7 Å². The summed E-state index contributed by atoms with van der Waals surface area (Å²) in [6.45, 7) is 2.07. The number of carbonyl (C=O) groups excluding carboxylic acids is 1. The smallest absolute Gasteiger partial charge is 0.429 e. The van der Waals surface area contributed by atoms with E-state index in [1.807, 2.05) is 0 Å². The number of carbonyl (C=O) groups is 1. The van der Waals surface area contributed by atoms with Crippen LogP contribution in [-0.2, 0) is 19.0 Å². The number of hydrogen-bond acceptors (Lipinski definition) is 3. The van der Waals surface area contributed by atoms with Gasteiger partial charge in [0.25, 0.3) is 6.08 Å². The van der Waals surface area contributed by atoms with Crippen molar-refractivity contribution >= 4 is 12.0 Å². The van der Waals surface area contributed by atoms with E-state index in [9.17, 15) is 39.9 Å². The first-order valence-electron chi connectivity index (χ1n) is 11.8. The van der Waals surface area contributed by atoms with Gasteiger partial charge in [0, 0.05) is 30.3 Å². The molecule has 0 bridgehead atoms. The average molecular weight is 556 g/mol. The summed E-state index contributed by atoms with van der Waals surface area (Å²) in [6.07, 6.45) is -3.72. The predicted octanol–water partition coefficient (Wildman–Crippen LogP) is 8.34. The second-order valence-corrected chi connectivity index (χ2v) is 9.05. The first kappa shape index (κ1) is 28.1. The zero-order chi connectivity index (χ0) is 28.5. The molecule has 0 aromatic heterocycles. The van der Waals surface area contributed by atoms with E-state index in [0.29, 0.717) is 18.1 Å². The number of benzene rings is 3. The summed E-state index contributed by atoms with van der Waals surface area (Å²) in [4.78, 5) is 12.6. The predicted molar refractivity (Wildman–Crippen MR) is 125 cm³/mol. The minimum absolute atomic E-state index is 0.111. The van der Waals surface area contributed by atoms with Gasteiger partial charge in [-0.2, -0.15) is 17.6 Å². The van der Waals surface area contributed by atoms with Crippen LogP contribution < -0.4 is 9.47 Å². The van der Waals surface area contributed by atoms with Crippen molar-refractivity contribution in [2.75, 3.05) is 0 Å². The molecule has 0 aliphatic heterocycles. The third-order valence-corrected chi connectivity index (χ3v) is 6.23. The van der Waals surface area contributed by atoms with Crippen LogP contribution in [-0.4, -0.2) is 5.97 Å². The average Bonchev–Trinajstić information content (AvgIpc) is 3.22. The third-order valence-electron chi connectivity index (χ3n) is 6.23. The lowest BCUT2D eigenvalue weighted by Gasteiger charge is -2.20. The molecule has 11 heteroatoms. The summed E-state index contributed by atoms with van der Waals surface area (Å²) < 4.78 is 120. The molecule has 39 heavy (non-hydrogen) atoms. The van der Waals surface area contributed by atoms with Gasteiger partial charge in [0.2, 0.25) is 0 Å². The first-order valence-corrected chi connectivity index (χ1v) is 11.8. The fourth-order valence-electron chi connectivity index (χ4n) is 4.57. The van der Waals surface area contributed by atoms with E-state index in [-0.39, 0.29) is 23.8 Å². The first-order chi connectivity index (χ1) is 18.4. The van der Waals surface area contributed by atoms with Gasteiger partial charge in [-0.1, -0.05) is 25.8 Å². The highest BCUT2D eigenvalue weighted by molar-refractivity contribution is 5.91. The summed E-state index contributed by atoms with van der Waals surface area (Å²) in [5.41, 5.74) is -0.993. The van der Waals surface area contributed by atoms with Crippen LogP contribution in [0.15, 0.2) is 48.5 Å². The highest BCUT2D eigenvalue weighted by atomic mass is 19.3. The van der Waals surface area contributed by atoms with E-state index < -0.39 is 64.1 Å². The molecule has 0 saturated carbocycles. The van der Waals surface area contributed by atoms with Gasteiger partial charge in [-0.3, -0.25) is 0 Å². The van der Waals surface area contributed by atoms with Crippen molar-refractivity contribution in [1.82, 2.24) is 0 Å². The quantitative estimate of drug-likeness (QED) is 0.159. The molecular weight excluding hydrogens is 536 g/mol. The molecule has 0 N–H and O–H groups in total. The Morgan fingerprint density at radius 1 is 0.897 bits per heavy atom. The molecule has 4 rings (SSSR count). The Bertz CT molecular complexity index is 1400. The van der Waals surface area contributed by atoms with Gasteiger partial charge in [0.15, 0.2) is 0 Å². The molecule has 0 spiro atoms. The number of esters is 1. The monoisotopic (exact) mass is 556 g/mol. The molecule has 0 radical (unpaired) electrons. The molecule has 1 atom stereocenters. The Labute approximate surface area is 217 Å². The Morgan fingerprint density at radius 2 is 1.49 bits per heavy atom. The lowest BCUT2D eigenvalue weighted by molar-refractivity contribution is -0.189. The van der Waals surface area contributed by atoms with Crippen molar-refractivity contribution in [2.45, 2.75) is 38.7 Å². The summed E-state index contributed by atoms with van der Waals surface area (Å²) in [7, 11) is 0. The van der Waals surface area contributed by atoms with Crippen molar-refractivity contribution in [3.63, 3.8) is 0 Å². The van der Waals surface area contributed by atoms with Crippen LogP contribution in [0.2, 0.25) is 0 Å². The maximum absolute atomic E-state index is 14.6. The van der Waals surface area contributed by atoms with E-state index in [1.54, 1.807) is 12.1 Å². The fourth-order valence-corrected chi connectivity index (χ4v) is 4.57. The molecule has 0 amide bonds. The largest absolute Gasteiger partial charge is 0.432 e. The molecule has 3 aromatic rings. The second-order valence-electron chi connectivity index (χ2n) is 9.05. The standard InChI is InChI=1S/C28H20F8O3/c1-2-3-14-6-15-4-5-16(8-17(15)7-14)27(37)38-18-9-23(31)26(24(32)10-18)28(35,36)39-19-11-21(29)20(13-25(33)34)22(30)12-19/h4-5,8-14H,2-3,6-7H2,1H3. The molecule has 206 valence electrons. The number of ether oxygens (including phenoxy) is 2. The van der Waals surface area contributed by atoms with E-state index >= 15 is 0 Å². The molecule has 3 nitrogen and oxygen atoms in total. The van der Waals surface area contributed by atoms with Crippen LogP contribution in [0.3, 0.4) is 0 Å². The van der Waals surface area contributed by atoms with Crippen molar-refractivity contribution in [2.24, 2.45) is 5.92 Å². The van der Waals surface area contributed by atoms with Crippen molar-refractivity contribution in [3.8, 4) is 11.5 Å². The SMILES string of the molecule is CCCC1Cc2ccc(C(=O)Oc3cc(F)c(C(F)(F)Oc4cc(F)c(C=C(F)F)c(F)c4)c(F)c3)cc2C1. The minimum atomic E-state index is -4.80. The molecule has 1 aliphatic rings. The van der Waals surface area contributed by atoms with Gasteiger partial charge >= 0.3 is 12.1 Å². The highest BCUT2D eigenvalue weighted by Gasteiger charge is 2.42. The summed E-state index contributed by atoms with van der Waals surface area (Å²) in [6, 6.07) is 5.86. The van der Waals surface area contributed by atoms with Crippen LogP contribution >= 0.6 is 0 Å². The van der Waals surface area contributed by atoms with Crippen LogP contribution in [0, 0.1) is 29.2 Å². The van der Waals surface area contributed by atoms with Crippen LogP contribution in [0.4, 0.5) is 35.1 Å². The van der Waals surface area contributed by atoms with Gasteiger partial charge in [-0.15, -0.1) is 0 Å². The van der Waals surface area contributed by atoms with Crippen LogP contribution in [0.25, 0.3) is 6.08 Å². The maximum Gasteiger partial charge on any atom is 0.432 e. The van der Waals surface area contributed by atoms with Crippen LogP contribution in [0.1, 0.15) is 52.4 Å². The number of rotatable bonds is 8. The summed E-state index contributed by atoms with van der Waals surface area (Å²) in [5.74, 6) is -9.54. The molecule has 1 aliphatic carbocycles. The zero-order valence-electron chi connectivity index (χ0n) is 20.3. The van der Waals surface area contributed by atoms with Crippen molar-refractivity contribution in [1.29, 1.82) is 0 Å². The lowest BCUT2D eigenvalue weighted by Crippen LogP contribution is -2.25. The number of alkyl halides is 2. The molecule has 0 saturated heterocycles. The lowest BCUT2D eigenvalue weighted by atomic mass is 10.0. The Kier molecular flexibility index (Phi) is 7.99. The Balaban J connectivity index is 1.52. The van der Waals surface area contributed by atoms with E-state index in [4.69, 9.17) is 4.74 Å². The highest BCUT2D eigenvalue weighted by Crippen LogP contribution is 2.38. The second kappa shape index (κ2) is 11.1. The zero-order valence-corrected chi connectivity index (χ0v) is 20.3. The fraction of sp³-hybridized carbons (Fsp3) is 0.250. The molecule has 0 heterocycles. The molecule has 1 unspecified atom stereocenters. The van der Waals surface area contributed by atoms with E-state index in [1.165, 1.54) is 6.07 Å². The van der Waals surface area contributed by atoms with Gasteiger partial charge in [0.05, 0.1) is 11.1 Å². The summed E-state index contributed by atoms with van der Waals surface area (Å²) in [5, 5.41) is 0. The van der Waals surface area contributed by atoms with Gasteiger partial charge in [-0.05, 0) is 42.0 Å². The van der Waals surface area contributed by atoms with Gasteiger partial charge in [0.1, 0.15) is 40.3 Å². The molecule has 3 aromatic carbocycles. The van der Waals surface area contributed by atoms with Crippen molar-refractivity contribution < 1.29 is 49.4 Å².